The van der Waals surface area contributed by atoms with E-state index < -0.39 is 21.6 Å². The fourth-order valence-electron chi connectivity index (χ4n) is 3.16. The van der Waals surface area contributed by atoms with Gasteiger partial charge in [0, 0.05) is 17.8 Å². The molecule has 0 saturated carbocycles. The van der Waals surface area contributed by atoms with Crippen LogP contribution in [0, 0.1) is 19.7 Å². The lowest BCUT2D eigenvalue weighted by Gasteiger charge is -2.12. The minimum absolute atomic E-state index is 0.0708. The maximum Gasteiger partial charge on any atom is 0.319 e. The summed E-state index contributed by atoms with van der Waals surface area (Å²) in [5.41, 5.74) is 5.35. The first kappa shape index (κ1) is 21.5. The Labute approximate surface area is 175 Å². The Morgan fingerprint density at radius 1 is 1.03 bits per heavy atom. The molecule has 0 aliphatic heterocycles. The van der Waals surface area contributed by atoms with E-state index in [1.165, 1.54) is 30.3 Å². The number of carboxylic acid groups (broad SMARTS) is 1. The summed E-state index contributed by atoms with van der Waals surface area (Å²) in [4.78, 5) is 10.6. The largest absolute Gasteiger partial charge is 0.480 e. The highest BCUT2D eigenvalue weighted by molar-refractivity contribution is 7.92. The molecule has 3 rings (SSSR count). The summed E-state index contributed by atoms with van der Waals surface area (Å²) in [7, 11) is -3.88. The number of anilines is 1. The van der Waals surface area contributed by atoms with Crippen molar-refractivity contribution in [2.45, 2.75) is 25.3 Å². The van der Waals surface area contributed by atoms with Crippen LogP contribution in [0.25, 0.3) is 11.1 Å². The van der Waals surface area contributed by atoms with E-state index in [1.54, 1.807) is 12.1 Å². The molecule has 3 aromatic rings. The number of aryl methyl sites for hydroxylation is 1. The van der Waals surface area contributed by atoms with Gasteiger partial charge < -0.3 is 10.4 Å². The van der Waals surface area contributed by atoms with Crippen LogP contribution in [0.3, 0.4) is 0 Å². The van der Waals surface area contributed by atoms with Crippen LogP contribution in [-0.2, 0) is 21.2 Å². The number of aliphatic carboxylic acids is 1. The molecule has 156 valence electrons. The van der Waals surface area contributed by atoms with Gasteiger partial charge in [-0.05, 0) is 72.5 Å². The van der Waals surface area contributed by atoms with E-state index in [0.717, 1.165) is 22.3 Å². The Morgan fingerprint density at radius 2 is 1.73 bits per heavy atom. The van der Waals surface area contributed by atoms with Crippen molar-refractivity contribution in [1.29, 1.82) is 0 Å². The molecule has 0 fully saturated rings. The average Bonchev–Trinajstić information content (AvgIpc) is 2.69. The molecule has 3 aromatic carbocycles. The molecular weight excluding hydrogens is 405 g/mol. The minimum atomic E-state index is -3.88. The van der Waals surface area contributed by atoms with E-state index >= 15 is 0 Å². The number of hydrogen-bond acceptors (Lipinski definition) is 4. The second kappa shape index (κ2) is 8.67. The highest BCUT2D eigenvalue weighted by Crippen LogP contribution is 2.27. The smallest absolute Gasteiger partial charge is 0.319 e. The molecule has 0 aromatic heterocycles. The highest BCUT2D eigenvalue weighted by Gasteiger charge is 2.18. The zero-order valence-corrected chi connectivity index (χ0v) is 17.5. The predicted octanol–water partition coefficient (Wildman–Crippen LogP) is 4.58. The third-order valence-corrected chi connectivity index (χ3v) is 6.59. The van der Waals surface area contributed by atoms with Gasteiger partial charge in [0.25, 0.3) is 0 Å². The number of carboxylic acids is 1. The summed E-state index contributed by atoms with van der Waals surface area (Å²) in [5, 5.41) is 11.8. The number of halogens is 1. The molecule has 5 nitrogen and oxygen atoms in total. The van der Waals surface area contributed by atoms with Crippen LogP contribution < -0.4 is 5.32 Å². The van der Waals surface area contributed by atoms with Crippen LogP contribution in [0.4, 0.5) is 10.1 Å². The molecule has 0 amide bonds. The molecule has 0 aliphatic rings. The minimum Gasteiger partial charge on any atom is -0.480 e. The molecule has 2 N–H and O–H groups in total. The Bertz CT molecular complexity index is 1190. The molecule has 0 spiro atoms. The first-order valence-electron chi connectivity index (χ1n) is 9.31. The highest BCUT2D eigenvalue weighted by atomic mass is 32.2. The van der Waals surface area contributed by atoms with Gasteiger partial charge in [-0.25, -0.2) is 12.8 Å². The van der Waals surface area contributed by atoms with Gasteiger partial charge in [-0.3, -0.25) is 4.79 Å². The zero-order valence-electron chi connectivity index (χ0n) is 16.6. The lowest BCUT2D eigenvalue weighted by Crippen LogP contribution is -2.15. The van der Waals surface area contributed by atoms with E-state index in [2.05, 4.69) is 5.32 Å². The normalized spacial score (nSPS) is 11.3. The summed E-state index contributed by atoms with van der Waals surface area (Å²) < 4.78 is 38.2. The maximum absolute atomic E-state index is 14.3. The van der Waals surface area contributed by atoms with Crippen molar-refractivity contribution in [2.24, 2.45) is 0 Å². The van der Waals surface area contributed by atoms with Gasteiger partial charge >= 0.3 is 5.97 Å². The maximum atomic E-state index is 14.3. The Balaban J connectivity index is 1.78. The first-order valence-corrected chi connectivity index (χ1v) is 11.0. The van der Waals surface area contributed by atoms with Crippen LogP contribution in [0.15, 0.2) is 65.6 Å². The number of hydrogen-bond donors (Lipinski definition) is 2. The van der Waals surface area contributed by atoms with Crippen molar-refractivity contribution >= 4 is 21.5 Å². The number of carbonyl (C=O) groups is 1. The van der Waals surface area contributed by atoms with Crippen LogP contribution in [-0.4, -0.2) is 25.2 Å². The summed E-state index contributed by atoms with van der Waals surface area (Å²) >= 11 is 0. The summed E-state index contributed by atoms with van der Waals surface area (Å²) in [5.74, 6) is -2.70. The van der Waals surface area contributed by atoms with Crippen molar-refractivity contribution in [3.63, 3.8) is 0 Å². The second-order valence-corrected chi connectivity index (χ2v) is 9.07. The lowest BCUT2D eigenvalue weighted by atomic mass is 9.96. The fraction of sp³-hybridized carbons (Fsp3) is 0.174. The van der Waals surface area contributed by atoms with Crippen molar-refractivity contribution in [3.05, 3.63) is 83.2 Å². The van der Waals surface area contributed by atoms with Crippen molar-refractivity contribution in [1.82, 2.24) is 0 Å². The molecule has 0 aliphatic carbocycles. The molecule has 0 heterocycles. The number of benzene rings is 3. The van der Waals surface area contributed by atoms with Gasteiger partial charge in [0.2, 0.25) is 0 Å². The van der Waals surface area contributed by atoms with E-state index in [0.29, 0.717) is 11.3 Å². The second-order valence-electron chi connectivity index (χ2n) is 7.08. The molecule has 0 saturated heterocycles. The van der Waals surface area contributed by atoms with Gasteiger partial charge in [-0.1, -0.05) is 24.3 Å². The van der Waals surface area contributed by atoms with Crippen LogP contribution >= 0.6 is 0 Å². The molecule has 0 atom stereocenters. The van der Waals surface area contributed by atoms with Gasteiger partial charge in [0.15, 0.2) is 15.6 Å². The van der Waals surface area contributed by atoms with Gasteiger partial charge in [-0.2, -0.15) is 0 Å². The number of sulfone groups is 1. The summed E-state index contributed by atoms with van der Waals surface area (Å²) in [6.45, 7) is 4.28. The number of nitrogens with one attached hydrogen (secondary N) is 1. The van der Waals surface area contributed by atoms with Gasteiger partial charge in [-0.15, -0.1) is 0 Å². The Kier molecular flexibility index (Phi) is 6.22. The lowest BCUT2D eigenvalue weighted by molar-refractivity contribution is -0.134. The molecule has 7 heteroatoms. The summed E-state index contributed by atoms with van der Waals surface area (Å²) in [6.07, 6.45) is 0. The van der Waals surface area contributed by atoms with Crippen molar-refractivity contribution in [3.8, 4) is 11.1 Å². The molecular formula is C23H22FNO4S. The third kappa shape index (κ3) is 4.86. The molecule has 0 unspecified atom stereocenters. The monoisotopic (exact) mass is 427 g/mol. The first-order chi connectivity index (χ1) is 14.2. The molecule has 0 radical (unpaired) electrons. The predicted molar refractivity (Wildman–Crippen MR) is 115 cm³/mol. The zero-order chi connectivity index (χ0) is 21.9. The van der Waals surface area contributed by atoms with Crippen LogP contribution in [0.5, 0.6) is 0 Å². The average molecular weight is 427 g/mol. The van der Waals surface area contributed by atoms with Gasteiger partial charge in [0.05, 0.1) is 4.90 Å². The van der Waals surface area contributed by atoms with Crippen LogP contribution in [0.1, 0.15) is 16.7 Å². The number of rotatable bonds is 7. The van der Waals surface area contributed by atoms with E-state index in [9.17, 15) is 17.6 Å². The van der Waals surface area contributed by atoms with Crippen LogP contribution in [0.2, 0.25) is 0 Å². The molecule has 30 heavy (non-hydrogen) atoms. The Hall–Kier alpha value is -3.19. The van der Waals surface area contributed by atoms with E-state index in [4.69, 9.17) is 5.11 Å². The SMILES string of the molecule is Cc1cccc(-c2ccc(F)c(CNc3ccc(S(=O)(=O)CC(=O)O)cc3)c2)c1C. The Morgan fingerprint density at radius 3 is 2.40 bits per heavy atom. The quantitative estimate of drug-likeness (QED) is 0.577. The fourth-order valence-corrected chi connectivity index (χ4v) is 4.21. The van der Waals surface area contributed by atoms with Gasteiger partial charge in [0.1, 0.15) is 5.82 Å². The van der Waals surface area contributed by atoms with E-state index in [1.807, 2.05) is 32.0 Å². The van der Waals surface area contributed by atoms with E-state index in [-0.39, 0.29) is 17.3 Å². The van der Waals surface area contributed by atoms with Crippen molar-refractivity contribution < 1.29 is 22.7 Å². The standard InChI is InChI=1S/C23H22FNO4S/c1-15-4-3-5-21(16(15)2)17-6-11-22(24)18(12-17)13-25-19-7-9-20(10-8-19)30(28,29)14-23(26)27/h3-12,25H,13-14H2,1-2H3,(H,26,27). The third-order valence-electron chi connectivity index (χ3n) is 4.97. The van der Waals surface area contributed by atoms with Crippen molar-refractivity contribution in [2.75, 3.05) is 11.1 Å². The summed E-state index contributed by atoms with van der Waals surface area (Å²) in [6, 6.07) is 16.7. The topological polar surface area (TPSA) is 83.5 Å². The molecule has 0 bridgehead atoms.